The van der Waals surface area contributed by atoms with E-state index in [-0.39, 0.29) is 37.5 Å². The second-order valence-corrected chi connectivity index (χ2v) is 15.6. The molecule has 0 rings (SSSR count). The van der Waals surface area contributed by atoms with E-state index in [1.807, 2.05) is 0 Å². The first kappa shape index (κ1) is 55.6. The van der Waals surface area contributed by atoms with Crippen LogP contribution in [0, 0.1) is 0 Å². The molecule has 0 bridgehead atoms. The Kier molecular flexibility index (Phi) is 44.5. The summed E-state index contributed by atoms with van der Waals surface area (Å²) in [5.74, 6) is -0.987. The lowest BCUT2D eigenvalue weighted by molar-refractivity contribution is -0.167. The maximum atomic E-state index is 12.7. The van der Waals surface area contributed by atoms with Crippen LogP contribution in [0.3, 0.4) is 0 Å². The summed E-state index contributed by atoms with van der Waals surface area (Å²) in [5, 5.41) is 0. The van der Waals surface area contributed by atoms with E-state index in [4.69, 9.17) is 14.2 Å². The second kappa shape index (κ2) is 47.3. The van der Waals surface area contributed by atoms with Crippen LogP contribution in [0.4, 0.5) is 0 Å². The van der Waals surface area contributed by atoms with Gasteiger partial charge in [0.15, 0.2) is 6.10 Å². The Morgan fingerprint density at radius 3 is 1.17 bits per heavy atom. The lowest BCUT2D eigenvalue weighted by atomic mass is 10.1. The second-order valence-electron chi connectivity index (χ2n) is 15.6. The third-order valence-corrected chi connectivity index (χ3v) is 9.85. The number of hydrogen-bond donors (Lipinski definition) is 0. The van der Waals surface area contributed by atoms with Gasteiger partial charge < -0.3 is 14.2 Å². The van der Waals surface area contributed by atoms with Gasteiger partial charge in [-0.05, 0) is 103 Å². The number of carbonyl (C=O) groups excluding carboxylic acids is 3. The highest BCUT2D eigenvalue weighted by molar-refractivity contribution is 5.71. The molecule has 0 aliphatic rings. The van der Waals surface area contributed by atoms with Crippen molar-refractivity contribution >= 4 is 17.9 Å². The third-order valence-electron chi connectivity index (χ3n) is 9.85. The Balaban J connectivity index is 4.50. The topological polar surface area (TPSA) is 78.9 Å². The molecule has 1 atom stereocenters. The van der Waals surface area contributed by atoms with Gasteiger partial charge in [0.1, 0.15) is 13.2 Å². The van der Waals surface area contributed by atoms with Crippen molar-refractivity contribution in [1.29, 1.82) is 0 Å². The molecule has 0 aromatic carbocycles. The predicted molar refractivity (Wildman–Crippen MR) is 251 cm³/mol. The third kappa shape index (κ3) is 45.5. The van der Waals surface area contributed by atoms with Gasteiger partial charge in [-0.25, -0.2) is 0 Å². The molecule has 0 saturated carbocycles. The number of unbranched alkanes of at least 4 members (excludes halogenated alkanes) is 17. The molecule has 0 amide bonds. The first-order valence-corrected chi connectivity index (χ1v) is 24.1. The molecule has 0 unspecified atom stereocenters. The van der Waals surface area contributed by atoms with Gasteiger partial charge in [-0.2, -0.15) is 0 Å². The highest BCUT2D eigenvalue weighted by atomic mass is 16.6. The summed E-state index contributed by atoms with van der Waals surface area (Å²) in [7, 11) is 0. The fraction of sp³-hybridized carbons (Fsp3) is 0.679. The van der Waals surface area contributed by atoms with Gasteiger partial charge in [0.2, 0.25) is 0 Å². The number of esters is 3. The van der Waals surface area contributed by atoms with Crippen LogP contribution in [-0.4, -0.2) is 37.2 Å². The molecule has 0 aromatic heterocycles. The Bertz CT molecular complexity index is 1170. The molecule has 0 heterocycles. The number of ether oxygens (including phenoxy) is 3. The van der Waals surface area contributed by atoms with Crippen LogP contribution in [0.15, 0.2) is 85.1 Å². The van der Waals surface area contributed by atoms with E-state index >= 15 is 0 Å². The average Bonchev–Trinajstić information content (AvgIpc) is 3.23. The summed E-state index contributed by atoms with van der Waals surface area (Å²) in [4.78, 5) is 37.8. The molecule has 6 heteroatoms. The Morgan fingerprint density at radius 2 is 0.695 bits per heavy atom. The van der Waals surface area contributed by atoms with Crippen molar-refractivity contribution in [3.8, 4) is 0 Å². The van der Waals surface area contributed by atoms with Gasteiger partial charge in [-0.1, -0.05) is 176 Å². The Labute approximate surface area is 363 Å². The molecule has 0 saturated heterocycles. The molecule has 0 aliphatic carbocycles. The standard InChI is InChI=1S/C53H88O6/c1-4-7-10-13-16-19-22-24-25-26-27-29-31-34-37-40-43-46-52(55)58-49-50(48-57-51(54)45-42-39-36-33-30-21-18-15-12-9-6-3)59-53(56)47-44-41-38-35-32-28-23-20-17-14-11-8-5-2/h7,10,15-16,18-20,23-25,27,29,34,37,50H,4-6,8-9,11-14,17,21-22,26,28,30-33,35-36,38-49H2,1-3H3/b10-7-,18-15-,19-16-,23-20-,25-24-,29-27-,37-34-/t50-/m0/s1. The van der Waals surface area contributed by atoms with E-state index in [1.165, 1.54) is 64.2 Å². The fourth-order valence-electron chi connectivity index (χ4n) is 6.22. The van der Waals surface area contributed by atoms with Crippen LogP contribution >= 0.6 is 0 Å². The highest BCUT2D eigenvalue weighted by Crippen LogP contribution is 2.12. The van der Waals surface area contributed by atoms with Crippen molar-refractivity contribution in [2.75, 3.05) is 13.2 Å². The molecule has 6 nitrogen and oxygen atoms in total. The van der Waals surface area contributed by atoms with E-state index in [9.17, 15) is 14.4 Å². The van der Waals surface area contributed by atoms with Gasteiger partial charge >= 0.3 is 17.9 Å². The van der Waals surface area contributed by atoms with Crippen molar-refractivity contribution in [1.82, 2.24) is 0 Å². The summed E-state index contributed by atoms with van der Waals surface area (Å²) in [6.07, 6.45) is 60.0. The van der Waals surface area contributed by atoms with Crippen molar-refractivity contribution in [2.45, 2.75) is 219 Å². The zero-order chi connectivity index (χ0) is 43.0. The Morgan fingerprint density at radius 1 is 0.356 bits per heavy atom. The van der Waals surface area contributed by atoms with Gasteiger partial charge in [0.05, 0.1) is 0 Å². The van der Waals surface area contributed by atoms with Crippen LogP contribution in [0.2, 0.25) is 0 Å². The molecular weight excluding hydrogens is 733 g/mol. The normalized spacial score (nSPS) is 12.8. The summed E-state index contributed by atoms with van der Waals surface area (Å²) in [5.41, 5.74) is 0. The van der Waals surface area contributed by atoms with E-state index in [0.717, 1.165) is 103 Å². The molecule has 0 aliphatic heterocycles. The van der Waals surface area contributed by atoms with Gasteiger partial charge in [-0.15, -0.1) is 0 Å². The predicted octanol–water partition coefficient (Wildman–Crippen LogP) is 15.6. The van der Waals surface area contributed by atoms with Gasteiger partial charge in [-0.3, -0.25) is 14.4 Å². The minimum absolute atomic E-state index is 0.103. The first-order chi connectivity index (χ1) is 29.0. The van der Waals surface area contributed by atoms with E-state index in [2.05, 4.69) is 106 Å². The number of allylic oxidation sites excluding steroid dienone is 14. The van der Waals surface area contributed by atoms with Gasteiger partial charge in [0, 0.05) is 19.3 Å². The largest absolute Gasteiger partial charge is 0.462 e. The number of hydrogen-bond acceptors (Lipinski definition) is 6. The number of rotatable bonds is 42. The van der Waals surface area contributed by atoms with E-state index in [0.29, 0.717) is 19.3 Å². The fourth-order valence-corrected chi connectivity index (χ4v) is 6.22. The molecule has 0 radical (unpaired) electrons. The van der Waals surface area contributed by atoms with Crippen LogP contribution in [0.25, 0.3) is 0 Å². The number of carbonyl (C=O) groups is 3. The Hall–Kier alpha value is -3.41. The summed E-state index contributed by atoms with van der Waals surface area (Å²) in [6.45, 7) is 6.39. The molecule has 0 spiro atoms. The minimum atomic E-state index is -0.805. The minimum Gasteiger partial charge on any atom is -0.462 e. The van der Waals surface area contributed by atoms with Crippen LogP contribution in [0.1, 0.15) is 213 Å². The molecule has 336 valence electrons. The highest BCUT2D eigenvalue weighted by Gasteiger charge is 2.19. The SMILES string of the molecule is CC/C=C\C/C=C\C/C=C\C/C=C\C/C=C\CCCC(=O)OC[C@H](COC(=O)CCCCCCC/C=C\CCCC)OC(=O)CCCCCCC/C=C\CCCCCC. The zero-order valence-corrected chi connectivity index (χ0v) is 38.2. The molecule has 0 fully saturated rings. The maximum Gasteiger partial charge on any atom is 0.306 e. The van der Waals surface area contributed by atoms with Crippen LogP contribution in [-0.2, 0) is 28.6 Å². The molecule has 59 heavy (non-hydrogen) atoms. The average molecular weight is 821 g/mol. The smallest absolute Gasteiger partial charge is 0.306 e. The molecule has 0 aromatic rings. The lowest BCUT2D eigenvalue weighted by Gasteiger charge is -2.18. The van der Waals surface area contributed by atoms with Crippen LogP contribution in [0.5, 0.6) is 0 Å². The maximum absolute atomic E-state index is 12.7. The van der Waals surface area contributed by atoms with Crippen molar-refractivity contribution in [3.63, 3.8) is 0 Å². The van der Waals surface area contributed by atoms with Crippen molar-refractivity contribution in [3.05, 3.63) is 85.1 Å². The first-order valence-electron chi connectivity index (χ1n) is 24.1. The van der Waals surface area contributed by atoms with E-state index < -0.39 is 6.10 Å². The van der Waals surface area contributed by atoms with Crippen molar-refractivity contribution in [2.24, 2.45) is 0 Å². The molecule has 0 N–H and O–H groups in total. The molecular formula is C53H88O6. The monoisotopic (exact) mass is 821 g/mol. The van der Waals surface area contributed by atoms with E-state index in [1.54, 1.807) is 0 Å². The zero-order valence-electron chi connectivity index (χ0n) is 38.2. The summed E-state index contributed by atoms with van der Waals surface area (Å²) < 4.78 is 16.7. The van der Waals surface area contributed by atoms with Crippen molar-refractivity contribution < 1.29 is 28.6 Å². The summed E-state index contributed by atoms with van der Waals surface area (Å²) in [6, 6.07) is 0. The van der Waals surface area contributed by atoms with Crippen LogP contribution < -0.4 is 0 Å². The van der Waals surface area contributed by atoms with Gasteiger partial charge in [0.25, 0.3) is 0 Å². The quantitative estimate of drug-likeness (QED) is 0.0264. The summed E-state index contributed by atoms with van der Waals surface area (Å²) >= 11 is 0. The lowest BCUT2D eigenvalue weighted by Crippen LogP contribution is -2.30.